The van der Waals surface area contributed by atoms with Crippen molar-refractivity contribution in [1.82, 2.24) is 5.32 Å². The van der Waals surface area contributed by atoms with Gasteiger partial charge in [0.2, 0.25) is 11.8 Å². The van der Waals surface area contributed by atoms with Crippen LogP contribution < -0.4 is 16.0 Å². The summed E-state index contributed by atoms with van der Waals surface area (Å²) in [6, 6.07) is 5.55. The molecule has 1 atom stereocenters. The number of anilines is 2. The Morgan fingerprint density at radius 2 is 2.15 bits per heavy atom. The fourth-order valence-electron chi connectivity index (χ4n) is 2.60. The Morgan fingerprint density at radius 1 is 1.30 bits per heavy atom. The van der Waals surface area contributed by atoms with Crippen LogP contribution in [0.25, 0.3) is 0 Å². The highest BCUT2D eigenvalue weighted by molar-refractivity contribution is 5.97. The molecule has 2 aliphatic rings. The maximum Gasteiger partial charge on any atom is 0.241 e. The predicted molar refractivity (Wildman–Crippen MR) is 80.3 cm³/mol. The van der Waals surface area contributed by atoms with E-state index in [1.807, 2.05) is 18.2 Å². The van der Waals surface area contributed by atoms with Gasteiger partial charge in [0, 0.05) is 17.8 Å². The SMILES string of the molecule is Cl.O=C1CCc2cc(NC(=O)C3CCCN3)ccc2N1. The van der Waals surface area contributed by atoms with Crippen molar-refractivity contribution in [2.75, 3.05) is 17.2 Å². The maximum atomic E-state index is 12.0. The maximum absolute atomic E-state index is 12.0. The molecule has 1 unspecified atom stereocenters. The average molecular weight is 296 g/mol. The lowest BCUT2D eigenvalue weighted by Crippen LogP contribution is -2.35. The van der Waals surface area contributed by atoms with Crippen molar-refractivity contribution < 1.29 is 9.59 Å². The summed E-state index contributed by atoms with van der Waals surface area (Å²) in [6.07, 6.45) is 3.18. The molecule has 1 fully saturated rings. The fourth-order valence-corrected chi connectivity index (χ4v) is 2.60. The highest BCUT2D eigenvalue weighted by atomic mass is 35.5. The highest BCUT2D eigenvalue weighted by Gasteiger charge is 2.22. The van der Waals surface area contributed by atoms with Gasteiger partial charge >= 0.3 is 0 Å². The molecule has 0 bridgehead atoms. The van der Waals surface area contributed by atoms with Gasteiger partial charge in [0.25, 0.3) is 0 Å². The van der Waals surface area contributed by atoms with E-state index in [2.05, 4.69) is 16.0 Å². The van der Waals surface area contributed by atoms with Crippen LogP contribution in [0, 0.1) is 0 Å². The minimum atomic E-state index is -0.0734. The van der Waals surface area contributed by atoms with Crippen molar-refractivity contribution in [3.63, 3.8) is 0 Å². The average Bonchev–Trinajstić information content (AvgIpc) is 2.93. The van der Waals surface area contributed by atoms with Crippen LogP contribution in [0.4, 0.5) is 11.4 Å². The van der Waals surface area contributed by atoms with Crippen LogP contribution in [0.15, 0.2) is 18.2 Å². The fraction of sp³-hybridized carbons (Fsp3) is 0.429. The number of halogens is 1. The van der Waals surface area contributed by atoms with Crippen molar-refractivity contribution in [3.05, 3.63) is 23.8 Å². The third-order valence-electron chi connectivity index (χ3n) is 3.65. The number of amides is 2. The number of rotatable bonds is 2. The van der Waals surface area contributed by atoms with E-state index in [9.17, 15) is 9.59 Å². The summed E-state index contributed by atoms with van der Waals surface area (Å²) in [5, 5.41) is 8.94. The Hall–Kier alpha value is -1.59. The van der Waals surface area contributed by atoms with Crippen LogP contribution in [0.3, 0.4) is 0 Å². The van der Waals surface area contributed by atoms with E-state index in [1.165, 1.54) is 0 Å². The Labute approximate surface area is 123 Å². The molecular weight excluding hydrogens is 278 g/mol. The van der Waals surface area contributed by atoms with Gasteiger partial charge in [-0.05, 0) is 49.6 Å². The van der Waals surface area contributed by atoms with Gasteiger partial charge in [0.1, 0.15) is 0 Å². The minimum absolute atomic E-state index is 0. The molecule has 0 aliphatic carbocycles. The number of hydrogen-bond donors (Lipinski definition) is 3. The molecule has 0 spiro atoms. The molecule has 2 aliphatic heterocycles. The molecule has 0 saturated carbocycles. The summed E-state index contributed by atoms with van der Waals surface area (Å²) in [5.41, 5.74) is 2.73. The first kappa shape index (κ1) is 14.8. The zero-order valence-electron chi connectivity index (χ0n) is 11.1. The number of benzene rings is 1. The van der Waals surface area contributed by atoms with Gasteiger partial charge in [-0.15, -0.1) is 12.4 Å². The van der Waals surface area contributed by atoms with Gasteiger partial charge in [0.05, 0.1) is 6.04 Å². The molecule has 2 amide bonds. The molecule has 1 aromatic carbocycles. The van der Waals surface area contributed by atoms with E-state index in [-0.39, 0.29) is 30.3 Å². The van der Waals surface area contributed by atoms with Gasteiger partial charge in [-0.1, -0.05) is 0 Å². The van der Waals surface area contributed by atoms with E-state index in [0.29, 0.717) is 6.42 Å². The van der Waals surface area contributed by atoms with Gasteiger partial charge in [-0.25, -0.2) is 0 Å². The van der Waals surface area contributed by atoms with Crippen LogP contribution in [0.1, 0.15) is 24.8 Å². The van der Waals surface area contributed by atoms with Crippen molar-refractivity contribution in [1.29, 1.82) is 0 Å². The topological polar surface area (TPSA) is 70.2 Å². The second-order valence-corrected chi connectivity index (χ2v) is 5.06. The lowest BCUT2D eigenvalue weighted by Gasteiger charge is -2.18. The summed E-state index contributed by atoms with van der Waals surface area (Å²) < 4.78 is 0. The van der Waals surface area contributed by atoms with Crippen molar-refractivity contribution in [3.8, 4) is 0 Å². The Bertz CT molecular complexity index is 527. The largest absolute Gasteiger partial charge is 0.326 e. The third kappa shape index (κ3) is 3.11. The quantitative estimate of drug-likeness (QED) is 0.777. The van der Waals surface area contributed by atoms with Gasteiger partial charge in [-0.3, -0.25) is 9.59 Å². The molecule has 108 valence electrons. The van der Waals surface area contributed by atoms with Crippen molar-refractivity contribution >= 4 is 35.6 Å². The summed E-state index contributed by atoms with van der Waals surface area (Å²) in [5.74, 6) is 0.0803. The van der Waals surface area contributed by atoms with Crippen LogP contribution in [0.2, 0.25) is 0 Å². The monoisotopic (exact) mass is 295 g/mol. The number of carbonyl (C=O) groups is 2. The Balaban J connectivity index is 0.00000147. The predicted octanol–water partition coefficient (Wildman–Crippen LogP) is 1.68. The Morgan fingerprint density at radius 3 is 2.90 bits per heavy atom. The summed E-state index contributed by atoms with van der Waals surface area (Å²) in [4.78, 5) is 23.3. The number of fused-ring (bicyclic) bond motifs is 1. The molecule has 5 nitrogen and oxygen atoms in total. The van der Waals surface area contributed by atoms with Gasteiger partial charge in [0.15, 0.2) is 0 Å². The van der Waals surface area contributed by atoms with E-state index >= 15 is 0 Å². The van der Waals surface area contributed by atoms with Crippen LogP contribution >= 0.6 is 12.4 Å². The molecule has 0 radical (unpaired) electrons. The number of hydrogen-bond acceptors (Lipinski definition) is 3. The third-order valence-corrected chi connectivity index (χ3v) is 3.65. The van der Waals surface area contributed by atoms with Crippen molar-refractivity contribution in [2.45, 2.75) is 31.7 Å². The molecule has 1 aromatic rings. The van der Waals surface area contributed by atoms with E-state index < -0.39 is 0 Å². The van der Waals surface area contributed by atoms with E-state index in [4.69, 9.17) is 0 Å². The Kier molecular flexibility index (Phi) is 4.62. The normalized spacial score (nSPS) is 20.6. The number of aryl methyl sites for hydroxylation is 1. The van der Waals surface area contributed by atoms with E-state index in [1.54, 1.807) is 0 Å². The number of nitrogens with one attached hydrogen (secondary N) is 3. The van der Waals surface area contributed by atoms with Crippen molar-refractivity contribution in [2.24, 2.45) is 0 Å². The zero-order valence-corrected chi connectivity index (χ0v) is 11.9. The van der Waals surface area contributed by atoms with E-state index in [0.717, 1.165) is 42.7 Å². The van der Waals surface area contributed by atoms with Gasteiger partial charge < -0.3 is 16.0 Å². The molecule has 6 heteroatoms. The second-order valence-electron chi connectivity index (χ2n) is 5.06. The standard InChI is InChI=1S/C14H17N3O2.ClH/c18-13-6-3-9-8-10(4-5-11(9)17-13)16-14(19)12-2-1-7-15-12;/h4-5,8,12,15H,1-3,6-7H2,(H,16,19)(H,17,18);1H. The minimum Gasteiger partial charge on any atom is -0.326 e. The summed E-state index contributed by atoms with van der Waals surface area (Å²) in [7, 11) is 0. The molecular formula is C14H18ClN3O2. The number of carbonyl (C=O) groups excluding carboxylic acids is 2. The van der Waals surface area contributed by atoms with Gasteiger partial charge in [-0.2, -0.15) is 0 Å². The lowest BCUT2D eigenvalue weighted by atomic mass is 10.0. The molecule has 2 heterocycles. The summed E-state index contributed by atoms with van der Waals surface area (Å²) >= 11 is 0. The van der Waals surface area contributed by atoms with Crippen LogP contribution in [0.5, 0.6) is 0 Å². The first-order valence-electron chi connectivity index (χ1n) is 6.69. The second kappa shape index (κ2) is 6.24. The molecule has 20 heavy (non-hydrogen) atoms. The smallest absolute Gasteiger partial charge is 0.241 e. The highest BCUT2D eigenvalue weighted by Crippen LogP contribution is 2.25. The summed E-state index contributed by atoms with van der Waals surface area (Å²) in [6.45, 7) is 0.911. The molecule has 3 rings (SSSR count). The lowest BCUT2D eigenvalue weighted by molar-refractivity contribution is -0.118. The zero-order chi connectivity index (χ0) is 13.2. The molecule has 0 aromatic heterocycles. The molecule has 1 saturated heterocycles. The van der Waals surface area contributed by atoms with Crippen LogP contribution in [-0.2, 0) is 16.0 Å². The first-order chi connectivity index (χ1) is 9.22. The van der Waals surface area contributed by atoms with Crippen LogP contribution in [-0.4, -0.2) is 24.4 Å². The first-order valence-corrected chi connectivity index (χ1v) is 6.69. The molecule has 3 N–H and O–H groups in total.